The molecule has 0 fully saturated rings. The summed E-state index contributed by atoms with van der Waals surface area (Å²) in [5, 5.41) is 26.6. The number of hydrogen-bond acceptors (Lipinski definition) is 4. The molecule has 0 bridgehead atoms. The monoisotopic (exact) mass is 227 g/mol. The molecule has 84 valence electrons. The molecule has 1 aromatic rings. The summed E-state index contributed by atoms with van der Waals surface area (Å²) in [4.78, 5) is 10.4. The molecular weight excluding hydrogens is 220 g/mol. The van der Waals surface area contributed by atoms with Crippen molar-refractivity contribution in [3.05, 3.63) is 34.9 Å². The Bertz CT molecular complexity index is 456. The zero-order valence-electron chi connectivity index (χ0n) is 7.89. The Hall–Kier alpha value is -1.84. The van der Waals surface area contributed by atoms with Crippen molar-refractivity contribution in [2.45, 2.75) is 12.2 Å². The molecule has 4 nitrogen and oxygen atoms in total. The number of rotatable bonds is 3. The van der Waals surface area contributed by atoms with E-state index in [9.17, 15) is 18.7 Å². The fourth-order valence-electron chi connectivity index (χ4n) is 1.16. The number of hydrogen-bond donors (Lipinski definition) is 2. The van der Waals surface area contributed by atoms with Gasteiger partial charge in [-0.1, -0.05) is 6.07 Å². The van der Waals surface area contributed by atoms with Crippen molar-refractivity contribution < 1.29 is 23.8 Å². The van der Waals surface area contributed by atoms with Crippen molar-refractivity contribution in [1.82, 2.24) is 0 Å². The maximum absolute atomic E-state index is 13.4. The van der Waals surface area contributed by atoms with Gasteiger partial charge in [-0.05, 0) is 6.07 Å². The van der Waals surface area contributed by atoms with Crippen LogP contribution < -0.4 is 0 Å². The number of halogens is 2. The summed E-state index contributed by atoms with van der Waals surface area (Å²) in [7, 11) is 0. The van der Waals surface area contributed by atoms with Crippen LogP contribution in [0.4, 0.5) is 8.78 Å². The van der Waals surface area contributed by atoms with Crippen molar-refractivity contribution in [3.63, 3.8) is 0 Å². The number of aldehydes is 1. The molecule has 2 N–H and O–H groups in total. The topological polar surface area (TPSA) is 81.3 Å². The predicted octanol–water partition coefficient (Wildman–Crippen LogP) is 0.695. The molecule has 6 heteroatoms. The summed E-state index contributed by atoms with van der Waals surface area (Å²) in [6.45, 7) is 0. The molecule has 0 heterocycles. The van der Waals surface area contributed by atoms with E-state index in [1.807, 2.05) is 0 Å². The number of benzene rings is 1. The molecule has 0 aliphatic heterocycles. The summed E-state index contributed by atoms with van der Waals surface area (Å²) >= 11 is 0. The van der Waals surface area contributed by atoms with Crippen LogP contribution in [0, 0.1) is 23.0 Å². The van der Waals surface area contributed by atoms with Gasteiger partial charge in [0.1, 0.15) is 17.7 Å². The van der Waals surface area contributed by atoms with E-state index in [4.69, 9.17) is 10.4 Å². The molecule has 16 heavy (non-hydrogen) atoms. The lowest BCUT2D eigenvalue weighted by Gasteiger charge is -2.13. The van der Waals surface area contributed by atoms with Gasteiger partial charge in [0, 0.05) is 5.56 Å². The third-order valence-corrected chi connectivity index (χ3v) is 2.02. The molecule has 0 spiro atoms. The molecule has 0 amide bonds. The largest absolute Gasteiger partial charge is 0.384 e. The lowest BCUT2D eigenvalue weighted by Crippen LogP contribution is -2.18. The van der Waals surface area contributed by atoms with Gasteiger partial charge in [-0.3, -0.25) is 4.79 Å². The number of carbonyl (C=O) groups is 1. The van der Waals surface area contributed by atoms with Crippen molar-refractivity contribution in [2.24, 2.45) is 0 Å². The highest BCUT2D eigenvalue weighted by molar-refractivity contribution is 5.76. The summed E-state index contributed by atoms with van der Waals surface area (Å²) in [6.07, 6.45) is -3.72. The normalized spacial score (nSPS) is 13.9. The number of nitriles is 1. The molecule has 1 aromatic carbocycles. The number of aliphatic hydroxyl groups excluding tert-OH is 2. The average molecular weight is 227 g/mol. The second-order valence-corrected chi connectivity index (χ2v) is 3.00. The zero-order valence-corrected chi connectivity index (χ0v) is 7.89. The van der Waals surface area contributed by atoms with Crippen molar-refractivity contribution in [1.29, 1.82) is 5.26 Å². The summed E-state index contributed by atoms with van der Waals surface area (Å²) in [6, 6.07) is 2.94. The minimum atomic E-state index is -1.85. The van der Waals surface area contributed by atoms with Crippen molar-refractivity contribution in [2.75, 3.05) is 0 Å². The van der Waals surface area contributed by atoms with Crippen LogP contribution in [0.15, 0.2) is 12.1 Å². The fourth-order valence-corrected chi connectivity index (χ4v) is 1.16. The van der Waals surface area contributed by atoms with Crippen LogP contribution in [-0.4, -0.2) is 22.6 Å². The lowest BCUT2D eigenvalue weighted by atomic mass is 10.0. The smallest absolute Gasteiger partial charge is 0.170 e. The van der Waals surface area contributed by atoms with E-state index in [0.29, 0.717) is 0 Å². The van der Waals surface area contributed by atoms with Crippen molar-refractivity contribution in [3.8, 4) is 6.07 Å². The van der Waals surface area contributed by atoms with E-state index in [2.05, 4.69) is 0 Å². The predicted molar refractivity (Wildman–Crippen MR) is 48.3 cm³/mol. The van der Waals surface area contributed by atoms with E-state index >= 15 is 0 Å². The van der Waals surface area contributed by atoms with Crippen LogP contribution in [-0.2, 0) is 0 Å². The fraction of sp³-hybridized carbons (Fsp3) is 0.200. The van der Waals surface area contributed by atoms with Gasteiger partial charge in [-0.25, -0.2) is 8.78 Å². The summed E-state index contributed by atoms with van der Waals surface area (Å²) in [5.41, 5.74) is -1.35. The molecule has 0 saturated heterocycles. The molecule has 2 unspecified atom stereocenters. The van der Waals surface area contributed by atoms with Gasteiger partial charge in [0.2, 0.25) is 0 Å². The summed E-state index contributed by atoms with van der Waals surface area (Å²) < 4.78 is 26.3. The third-order valence-electron chi connectivity index (χ3n) is 2.02. The standard InChI is InChI=1S/C10H7F2NO3/c11-7-2-1-5(9(12)6(7)4-14)10(16)8(15)3-13/h1-2,4,8,10,15-16H. The van der Waals surface area contributed by atoms with Crippen LogP contribution in [0.1, 0.15) is 22.0 Å². The van der Waals surface area contributed by atoms with Crippen molar-refractivity contribution >= 4 is 6.29 Å². The first kappa shape index (κ1) is 12.2. The molecule has 0 saturated carbocycles. The highest BCUT2D eigenvalue weighted by Gasteiger charge is 2.24. The van der Waals surface area contributed by atoms with E-state index in [-0.39, 0.29) is 6.29 Å². The molecule has 0 radical (unpaired) electrons. The van der Waals surface area contributed by atoms with Crippen LogP contribution in [0.5, 0.6) is 0 Å². The van der Waals surface area contributed by atoms with Crippen LogP contribution in [0.2, 0.25) is 0 Å². The maximum atomic E-state index is 13.4. The Kier molecular flexibility index (Phi) is 3.66. The molecule has 0 aliphatic carbocycles. The Labute approximate surface area is 89.4 Å². The van der Waals surface area contributed by atoms with Gasteiger partial charge >= 0.3 is 0 Å². The first-order valence-corrected chi connectivity index (χ1v) is 4.21. The van der Waals surface area contributed by atoms with Crippen LogP contribution in [0.3, 0.4) is 0 Å². The van der Waals surface area contributed by atoms with Gasteiger partial charge < -0.3 is 10.2 Å². The quantitative estimate of drug-likeness (QED) is 0.588. The van der Waals surface area contributed by atoms with Crippen LogP contribution in [0.25, 0.3) is 0 Å². The Morgan fingerprint density at radius 3 is 2.50 bits per heavy atom. The van der Waals surface area contributed by atoms with E-state index in [1.54, 1.807) is 0 Å². The van der Waals surface area contributed by atoms with E-state index < -0.39 is 35.0 Å². The molecule has 0 aliphatic rings. The Morgan fingerprint density at radius 2 is 2.00 bits per heavy atom. The van der Waals surface area contributed by atoms with Gasteiger partial charge in [0.05, 0.1) is 11.6 Å². The number of nitrogens with zero attached hydrogens (tertiary/aromatic N) is 1. The molecule has 0 aromatic heterocycles. The second-order valence-electron chi connectivity index (χ2n) is 3.00. The first-order valence-electron chi connectivity index (χ1n) is 4.21. The Morgan fingerprint density at radius 1 is 1.38 bits per heavy atom. The van der Waals surface area contributed by atoms with E-state index in [0.717, 1.165) is 12.1 Å². The van der Waals surface area contributed by atoms with Gasteiger partial charge in [0.25, 0.3) is 0 Å². The van der Waals surface area contributed by atoms with E-state index in [1.165, 1.54) is 6.07 Å². The first-order chi connectivity index (χ1) is 7.52. The third kappa shape index (κ3) is 2.05. The SMILES string of the molecule is N#CC(O)C(O)c1ccc(F)c(C=O)c1F. The molecule has 2 atom stereocenters. The minimum Gasteiger partial charge on any atom is -0.384 e. The number of aliphatic hydroxyl groups is 2. The van der Waals surface area contributed by atoms with Gasteiger partial charge in [0.15, 0.2) is 12.4 Å². The maximum Gasteiger partial charge on any atom is 0.170 e. The second kappa shape index (κ2) is 4.79. The molecular formula is C10H7F2NO3. The highest BCUT2D eigenvalue weighted by atomic mass is 19.1. The Balaban J connectivity index is 3.27. The zero-order chi connectivity index (χ0) is 12.3. The average Bonchev–Trinajstić information content (AvgIpc) is 2.28. The molecule has 1 rings (SSSR count). The lowest BCUT2D eigenvalue weighted by molar-refractivity contribution is 0.0501. The minimum absolute atomic E-state index is 0.0420. The van der Waals surface area contributed by atoms with Crippen LogP contribution >= 0.6 is 0 Å². The highest BCUT2D eigenvalue weighted by Crippen LogP contribution is 2.23. The van der Waals surface area contributed by atoms with Gasteiger partial charge in [-0.15, -0.1) is 0 Å². The van der Waals surface area contributed by atoms with Gasteiger partial charge in [-0.2, -0.15) is 5.26 Å². The number of carbonyl (C=O) groups excluding carboxylic acids is 1. The summed E-state index contributed by atoms with van der Waals surface area (Å²) in [5.74, 6) is -2.35.